The summed E-state index contributed by atoms with van der Waals surface area (Å²) in [6.07, 6.45) is -3.90. The summed E-state index contributed by atoms with van der Waals surface area (Å²) in [6, 6.07) is -0.229. The van der Waals surface area contributed by atoms with Crippen molar-refractivity contribution >= 4 is 0 Å². The van der Waals surface area contributed by atoms with E-state index < -0.39 is 12.8 Å². The number of aliphatic hydroxyl groups excluding tert-OH is 1. The van der Waals surface area contributed by atoms with Crippen molar-refractivity contribution in [3.05, 3.63) is 0 Å². The highest BCUT2D eigenvalue weighted by Crippen LogP contribution is 2.14. The first-order valence-corrected chi connectivity index (χ1v) is 3.92. The van der Waals surface area contributed by atoms with Crippen molar-refractivity contribution in [2.24, 2.45) is 0 Å². The molecule has 0 aliphatic heterocycles. The van der Waals surface area contributed by atoms with Gasteiger partial charge in [0.05, 0.1) is 6.61 Å². The Balaban J connectivity index is 3.49. The normalized spacial score (nSPS) is 14.5. The van der Waals surface area contributed by atoms with Crippen molar-refractivity contribution in [3.63, 3.8) is 0 Å². The molecule has 13 heavy (non-hydrogen) atoms. The summed E-state index contributed by atoms with van der Waals surface area (Å²) in [7, 11) is 1.61. The molecule has 0 aromatic heterocycles. The molecular formula is C7H14F3NO2. The molecule has 0 bridgehead atoms. The summed E-state index contributed by atoms with van der Waals surface area (Å²) < 4.78 is 39.2. The van der Waals surface area contributed by atoms with E-state index in [0.717, 1.165) is 0 Å². The second kappa shape index (κ2) is 6.17. The van der Waals surface area contributed by atoms with E-state index in [0.29, 0.717) is 6.42 Å². The molecule has 0 aliphatic carbocycles. The number of halogens is 3. The minimum atomic E-state index is -4.28. The molecule has 0 saturated carbocycles. The van der Waals surface area contributed by atoms with Gasteiger partial charge < -0.3 is 15.2 Å². The van der Waals surface area contributed by atoms with Gasteiger partial charge in [-0.15, -0.1) is 0 Å². The van der Waals surface area contributed by atoms with Gasteiger partial charge in [-0.2, -0.15) is 13.2 Å². The largest absolute Gasteiger partial charge is 0.411 e. The number of alkyl halides is 3. The maximum atomic E-state index is 11.6. The van der Waals surface area contributed by atoms with E-state index in [1.807, 2.05) is 0 Å². The van der Waals surface area contributed by atoms with Crippen LogP contribution >= 0.6 is 0 Å². The average Bonchev–Trinajstić information content (AvgIpc) is 2.01. The van der Waals surface area contributed by atoms with E-state index in [9.17, 15) is 13.2 Å². The van der Waals surface area contributed by atoms with Crippen LogP contribution in [0.5, 0.6) is 0 Å². The molecule has 3 nitrogen and oxygen atoms in total. The third-order valence-electron chi connectivity index (χ3n) is 1.47. The van der Waals surface area contributed by atoms with Crippen molar-refractivity contribution in [2.45, 2.75) is 18.6 Å². The summed E-state index contributed by atoms with van der Waals surface area (Å²) in [5.74, 6) is 0. The summed E-state index contributed by atoms with van der Waals surface area (Å²) in [5, 5.41) is 11.2. The van der Waals surface area contributed by atoms with Crippen LogP contribution in [0.3, 0.4) is 0 Å². The first-order valence-electron chi connectivity index (χ1n) is 3.92. The van der Waals surface area contributed by atoms with Gasteiger partial charge in [-0.3, -0.25) is 0 Å². The number of hydrogen-bond acceptors (Lipinski definition) is 3. The van der Waals surface area contributed by atoms with Crippen LogP contribution in [0.25, 0.3) is 0 Å². The first kappa shape index (κ1) is 12.7. The number of likely N-dealkylation sites (N-methyl/N-ethyl adjacent to an activating group) is 1. The van der Waals surface area contributed by atoms with Gasteiger partial charge in [-0.1, -0.05) is 0 Å². The monoisotopic (exact) mass is 201 g/mol. The Labute approximate surface area is 74.9 Å². The van der Waals surface area contributed by atoms with Gasteiger partial charge in [0.25, 0.3) is 0 Å². The minimum absolute atomic E-state index is 0.0451. The fourth-order valence-corrected chi connectivity index (χ4v) is 0.784. The maximum Gasteiger partial charge on any atom is 0.411 e. The lowest BCUT2D eigenvalue weighted by Crippen LogP contribution is -2.33. The molecule has 0 saturated heterocycles. The topological polar surface area (TPSA) is 41.5 Å². The van der Waals surface area contributed by atoms with Crippen molar-refractivity contribution in [3.8, 4) is 0 Å². The van der Waals surface area contributed by atoms with Crippen molar-refractivity contribution in [1.29, 1.82) is 0 Å². The molecule has 0 aromatic carbocycles. The summed E-state index contributed by atoms with van der Waals surface area (Å²) in [4.78, 5) is 0. The van der Waals surface area contributed by atoms with Crippen LogP contribution in [0.15, 0.2) is 0 Å². The smallest absolute Gasteiger partial charge is 0.396 e. The van der Waals surface area contributed by atoms with Crippen LogP contribution in [0.2, 0.25) is 0 Å². The van der Waals surface area contributed by atoms with Crippen LogP contribution in [-0.4, -0.2) is 44.2 Å². The number of rotatable bonds is 6. The molecule has 0 fully saturated rings. The second-order valence-corrected chi connectivity index (χ2v) is 2.63. The highest BCUT2D eigenvalue weighted by Gasteiger charge is 2.27. The molecule has 6 heteroatoms. The first-order chi connectivity index (χ1) is 5.99. The quantitative estimate of drug-likeness (QED) is 0.659. The van der Waals surface area contributed by atoms with E-state index >= 15 is 0 Å². The second-order valence-electron chi connectivity index (χ2n) is 2.63. The summed E-state index contributed by atoms with van der Waals surface area (Å²) in [5.41, 5.74) is 0. The molecule has 2 N–H and O–H groups in total. The van der Waals surface area contributed by atoms with Crippen molar-refractivity contribution < 1.29 is 23.0 Å². The van der Waals surface area contributed by atoms with Gasteiger partial charge in [0.15, 0.2) is 0 Å². The molecule has 0 spiro atoms. The SMILES string of the molecule is CNC(CCO)COCC(F)(F)F. The lowest BCUT2D eigenvalue weighted by atomic mass is 10.2. The van der Waals surface area contributed by atoms with Crippen LogP contribution in [0, 0.1) is 0 Å². The van der Waals surface area contributed by atoms with E-state index in [1.165, 1.54) is 0 Å². The summed E-state index contributed by atoms with van der Waals surface area (Å²) in [6.45, 7) is -1.35. The Morgan fingerprint density at radius 3 is 2.46 bits per heavy atom. The Hall–Kier alpha value is -0.330. The van der Waals surface area contributed by atoms with Crippen molar-refractivity contribution in [2.75, 3.05) is 26.9 Å². The van der Waals surface area contributed by atoms with E-state index in [4.69, 9.17) is 5.11 Å². The lowest BCUT2D eigenvalue weighted by Gasteiger charge is -2.15. The zero-order valence-electron chi connectivity index (χ0n) is 7.40. The number of ether oxygens (including phenoxy) is 1. The molecule has 0 aliphatic rings. The molecule has 0 amide bonds. The molecule has 0 radical (unpaired) electrons. The molecule has 0 heterocycles. The fourth-order valence-electron chi connectivity index (χ4n) is 0.784. The third kappa shape index (κ3) is 8.01. The maximum absolute atomic E-state index is 11.6. The number of hydrogen-bond donors (Lipinski definition) is 2. The fraction of sp³-hybridized carbons (Fsp3) is 1.00. The zero-order chi connectivity index (χ0) is 10.3. The van der Waals surface area contributed by atoms with Gasteiger partial charge in [0.1, 0.15) is 6.61 Å². The zero-order valence-corrected chi connectivity index (χ0v) is 7.40. The van der Waals surface area contributed by atoms with Gasteiger partial charge >= 0.3 is 6.18 Å². The van der Waals surface area contributed by atoms with E-state index in [1.54, 1.807) is 7.05 Å². The van der Waals surface area contributed by atoms with Crippen LogP contribution in [-0.2, 0) is 4.74 Å². The highest BCUT2D eigenvalue weighted by atomic mass is 19.4. The van der Waals surface area contributed by atoms with Crippen molar-refractivity contribution in [1.82, 2.24) is 5.32 Å². The molecule has 1 unspecified atom stereocenters. The van der Waals surface area contributed by atoms with E-state index in [-0.39, 0.29) is 19.3 Å². The Bertz CT molecular complexity index is 129. The van der Waals surface area contributed by atoms with Gasteiger partial charge in [-0.25, -0.2) is 0 Å². The Morgan fingerprint density at radius 1 is 1.46 bits per heavy atom. The minimum Gasteiger partial charge on any atom is -0.396 e. The van der Waals surface area contributed by atoms with Crippen LogP contribution in [0.1, 0.15) is 6.42 Å². The number of aliphatic hydroxyl groups is 1. The van der Waals surface area contributed by atoms with Crippen LogP contribution < -0.4 is 5.32 Å². The van der Waals surface area contributed by atoms with E-state index in [2.05, 4.69) is 10.1 Å². The molecular weight excluding hydrogens is 187 g/mol. The molecule has 80 valence electrons. The average molecular weight is 201 g/mol. The third-order valence-corrected chi connectivity index (χ3v) is 1.47. The number of nitrogens with one attached hydrogen (secondary N) is 1. The Kier molecular flexibility index (Phi) is 6.02. The highest BCUT2D eigenvalue weighted by molar-refractivity contribution is 4.62. The molecule has 0 rings (SSSR count). The standard InChI is InChI=1S/C7H14F3NO2/c1-11-6(2-3-12)4-13-5-7(8,9)10/h6,11-12H,2-5H2,1H3. The lowest BCUT2D eigenvalue weighted by molar-refractivity contribution is -0.175. The van der Waals surface area contributed by atoms with Gasteiger partial charge in [-0.05, 0) is 13.5 Å². The predicted molar refractivity (Wildman–Crippen MR) is 41.4 cm³/mol. The molecule has 0 aromatic rings. The summed E-state index contributed by atoms with van der Waals surface area (Å²) >= 11 is 0. The van der Waals surface area contributed by atoms with Crippen LogP contribution in [0.4, 0.5) is 13.2 Å². The Morgan fingerprint density at radius 2 is 2.08 bits per heavy atom. The predicted octanol–water partition coefficient (Wildman–Crippen LogP) is 0.536. The van der Waals surface area contributed by atoms with Gasteiger partial charge in [0.2, 0.25) is 0 Å². The van der Waals surface area contributed by atoms with Gasteiger partial charge in [0, 0.05) is 12.6 Å². The molecule has 1 atom stereocenters.